The molecule has 1 heterocycles. The van der Waals surface area contributed by atoms with Crippen LogP contribution in [0.3, 0.4) is 0 Å². The summed E-state index contributed by atoms with van der Waals surface area (Å²) in [6.07, 6.45) is 2.57. The van der Waals surface area contributed by atoms with Crippen molar-refractivity contribution in [2.24, 2.45) is 0 Å². The van der Waals surface area contributed by atoms with Crippen molar-refractivity contribution < 1.29 is 4.74 Å². The van der Waals surface area contributed by atoms with Crippen LogP contribution in [0, 0.1) is 0 Å². The van der Waals surface area contributed by atoms with Gasteiger partial charge in [0.1, 0.15) is 5.75 Å². The Labute approximate surface area is 110 Å². The van der Waals surface area contributed by atoms with Gasteiger partial charge >= 0.3 is 0 Å². The van der Waals surface area contributed by atoms with Crippen molar-refractivity contribution in [3.8, 4) is 5.75 Å². The highest BCUT2D eigenvalue weighted by atomic mass is 16.5. The molecule has 1 aromatic rings. The zero-order valence-corrected chi connectivity index (χ0v) is 11.5. The van der Waals surface area contributed by atoms with Crippen molar-refractivity contribution in [3.63, 3.8) is 0 Å². The Hall–Kier alpha value is -1.06. The third-order valence-corrected chi connectivity index (χ3v) is 3.58. The van der Waals surface area contributed by atoms with Gasteiger partial charge < -0.3 is 10.1 Å². The fraction of sp³-hybridized carbons (Fsp3) is 0.600. The smallest absolute Gasteiger partial charge is 0.123 e. The molecule has 18 heavy (non-hydrogen) atoms. The predicted octanol–water partition coefficient (Wildman–Crippen LogP) is 2.27. The molecule has 0 spiro atoms. The maximum atomic E-state index is 5.69. The molecule has 0 aromatic heterocycles. The number of rotatable bonds is 5. The maximum Gasteiger partial charge on any atom is 0.123 e. The summed E-state index contributed by atoms with van der Waals surface area (Å²) < 4.78 is 5.69. The van der Waals surface area contributed by atoms with Crippen LogP contribution in [0.5, 0.6) is 5.75 Å². The highest BCUT2D eigenvalue weighted by Gasteiger charge is 2.19. The molecule has 3 nitrogen and oxygen atoms in total. The first-order valence-corrected chi connectivity index (χ1v) is 6.93. The molecule has 1 atom stereocenters. The lowest BCUT2D eigenvalue weighted by Gasteiger charge is -2.32. The minimum atomic E-state index is 0.637. The highest BCUT2D eigenvalue weighted by Crippen LogP contribution is 2.21. The quantitative estimate of drug-likeness (QED) is 0.865. The number of benzene rings is 1. The second-order valence-corrected chi connectivity index (χ2v) is 4.90. The Kier molecular flexibility index (Phi) is 5.02. The van der Waals surface area contributed by atoms with Crippen molar-refractivity contribution in [2.75, 3.05) is 26.7 Å². The Bertz CT molecular complexity index is 367. The molecule has 1 aliphatic heterocycles. The summed E-state index contributed by atoms with van der Waals surface area (Å²) in [6.45, 7) is 6.09. The lowest BCUT2D eigenvalue weighted by Crippen LogP contribution is -2.43. The summed E-state index contributed by atoms with van der Waals surface area (Å²) in [4.78, 5) is 2.52. The number of likely N-dealkylation sites (N-methyl/N-ethyl adjacent to an activating group) is 1. The van der Waals surface area contributed by atoms with Crippen molar-refractivity contribution in [3.05, 3.63) is 29.8 Å². The lowest BCUT2D eigenvalue weighted by atomic mass is 10.0. The van der Waals surface area contributed by atoms with Crippen molar-refractivity contribution >= 4 is 0 Å². The van der Waals surface area contributed by atoms with Crippen molar-refractivity contribution in [1.29, 1.82) is 0 Å². The molecule has 3 heteroatoms. The first kappa shape index (κ1) is 13.4. The van der Waals surface area contributed by atoms with Gasteiger partial charge in [0.2, 0.25) is 0 Å². The molecule has 1 saturated heterocycles. The van der Waals surface area contributed by atoms with Gasteiger partial charge in [-0.25, -0.2) is 0 Å². The summed E-state index contributed by atoms with van der Waals surface area (Å²) in [5.41, 5.74) is 1.30. The molecule has 0 saturated carbocycles. The van der Waals surface area contributed by atoms with Crippen LogP contribution in [0.25, 0.3) is 0 Å². The molecule has 1 aromatic carbocycles. The number of ether oxygens (including phenoxy) is 1. The zero-order valence-electron chi connectivity index (χ0n) is 11.5. The molecule has 0 aliphatic carbocycles. The Morgan fingerprint density at radius 1 is 1.39 bits per heavy atom. The van der Waals surface area contributed by atoms with Crippen LogP contribution in [0.4, 0.5) is 0 Å². The minimum Gasteiger partial charge on any atom is -0.494 e. The predicted molar refractivity (Wildman–Crippen MR) is 75.0 cm³/mol. The maximum absolute atomic E-state index is 5.69. The second-order valence-electron chi connectivity index (χ2n) is 4.90. The lowest BCUT2D eigenvalue weighted by molar-refractivity contribution is 0.185. The van der Waals surface area contributed by atoms with Gasteiger partial charge in [0, 0.05) is 24.7 Å². The molecule has 2 rings (SSSR count). The van der Waals surface area contributed by atoms with E-state index in [0.717, 1.165) is 25.4 Å². The summed E-state index contributed by atoms with van der Waals surface area (Å²) in [6, 6.07) is 9.02. The number of hydrogen-bond acceptors (Lipinski definition) is 3. The molecule has 0 radical (unpaired) electrons. The van der Waals surface area contributed by atoms with E-state index in [0.29, 0.717) is 6.04 Å². The van der Waals surface area contributed by atoms with Gasteiger partial charge in [0.15, 0.2) is 0 Å². The second kappa shape index (κ2) is 6.76. The number of nitrogens with zero attached hydrogens (tertiary/aromatic N) is 1. The van der Waals surface area contributed by atoms with Gasteiger partial charge in [-0.2, -0.15) is 0 Å². The van der Waals surface area contributed by atoms with Gasteiger partial charge in [-0.3, -0.25) is 4.90 Å². The molecule has 1 N–H and O–H groups in total. The Morgan fingerprint density at radius 3 is 3.00 bits per heavy atom. The van der Waals surface area contributed by atoms with E-state index >= 15 is 0 Å². The summed E-state index contributed by atoms with van der Waals surface area (Å²) >= 11 is 0. The standard InChI is InChI=1S/C15H24N2O/c1-3-18-15-9-5-4-7-13(15)11-17-10-6-8-14(12-17)16-2/h4-5,7,9,14,16H,3,6,8,10-12H2,1-2H3. The summed E-state index contributed by atoms with van der Waals surface area (Å²) in [5, 5.41) is 3.39. The first-order valence-electron chi connectivity index (χ1n) is 6.93. The third kappa shape index (κ3) is 3.47. The number of likely N-dealkylation sites (tertiary alicyclic amines) is 1. The Morgan fingerprint density at radius 2 is 2.22 bits per heavy atom. The highest BCUT2D eigenvalue weighted by molar-refractivity contribution is 5.33. The fourth-order valence-corrected chi connectivity index (χ4v) is 2.61. The first-order chi connectivity index (χ1) is 8.83. The van der Waals surface area contributed by atoms with Gasteiger partial charge in [-0.1, -0.05) is 18.2 Å². The number of para-hydroxylation sites is 1. The van der Waals surface area contributed by atoms with Crippen LogP contribution < -0.4 is 10.1 Å². The van der Waals surface area contributed by atoms with E-state index in [9.17, 15) is 0 Å². The molecular formula is C15H24N2O. The number of hydrogen-bond donors (Lipinski definition) is 1. The van der Waals surface area contributed by atoms with E-state index in [1.807, 2.05) is 13.0 Å². The number of piperidine rings is 1. The van der Waals surface area contributed by atoms with E-state index in [-0.39, 0.29) is 0 Å². The largest absolute Gasteiger partial charge is 0.494 e. The summed E-state index contributed by atoms with van der Waals surface area (Å²) in [7, 11) is 2.06. The molecule has 1 aliphatic rings. The van der Waals surface area contributed by atoms with Crippen LogP contribution in [0.2, 0.25) is 0 Å². The van der Waals surface area contributed by atoms with Crippen LogP contribution in [-0.2, 0) is 6.54 Å². The fourth-order valence-electron chi connectivity index (χ4n) is 2.61. The normalized spacial score (nSPS) is 20.9. The van der Waals surface area contributed by atoms with Crippen LogP contribution in [-0.4, -0.2) is 37.7 Å². The monoisotopic (exact) mass is 248 g/mol. The molecule has 1 unspecified atom stereocenters. The summed E-state index contributed by atoms with van der Waals surface area (Å²) in [5.74, 6) is 1.03. The van der Waals surface area contributed by atoms with Gasteiger partial charge in [-0.05, 0) is 39.4 Å². The van der Waals surface area contributed by atoms with E-state index in [1.165, 1.54) is 24.9 Å². The van der Waals surface area contributed by atoms with Gasteiger partial charge in [0.05, 0.1) is 6.61 Å². The topological polar surface area (TPSA) is 24.5 Å². The van der Waals surface area contributed by atoms with Crippen molar-refractivity contribution in [2.45, 2.75) is 32.4 Å². The van der Waals surface area contributed by atoms with Crippen LogP contribution in [0.1, 0.15) is 25.3 Å². The van der Waals surface area contributed by atoms with Crippen LogP contribution in [0.15, 0.2) is 24.3 Å². The van der Waals surface area contributed by atoms with Gasteiger partial charge in [-0.15, -0.1) is 0 Å². The minimum absolute atomic E-state index is 0.637. The molecular weight excluding hydrogens is 224 g/mol. The van der Waals surface area contributed by atoms with E-state index in [4.69, 9.17) is 4.74 Å². The SMILES string of the molecule is CCOc1ccccc1CN1CCCC(NC)C1. The number of nitrogens with one attached hydrogen (secondary N) is 1. The van der Waals surface area contributed by atoms with E-state index in [2.05, 4.69) is 35.5 Å². The van der Waals surface area contributed by atoms with Crippen LogP contribution >= 0.6 is 0 Å². The molecule has 0 bridgehead atoms. The van der Waals surface area contributed by atoms with E-state index in [1.54, 1.807) is 0 Å². The molecule has 100 valence electrons. The molecule has 1 fully saturated rings. The van der Waals surface area contributed by atoms with Gasteiger partial charge in [0.25, 0.3) is 0 Å². The average molecular weight is 248 g/mol. The molecule has 0 amide bonds. The zero-order chi connectivity index (χ0) is 12.8. The average Bonchev–Trinajstić information content (AvgIpc) is 2.41. The Balaban J connectivity index is 1.99. The third-order valence-electron chi connectivity index (χ3n) is 3.58. The van der Waals surface area contributed by atoms with Crippen molar-refractivity contribution in [1.82, 2.24) is 10.2 Å². The van der Waals surface area contributed by atoms with E-state index < -0.39 is 0 Å².